The van der Waals surface area contributed by atoms with Gasteiger partial charge in [-0.2, -0.15) is 0 Å². The predicted molar refractivity (Wildman–Crippen MR) is 94.7 cm³/mol. The first-order valence-corrected chi connectivity index (χ1v) is 8.08. The first-order valence-electron chi connectivity index (χ1n) is 8.08. The molecule has 0 radical (unpaired) electrons. The summed E-state index contributed by atoms with van der Waals surface area (Å²) in [6.45, 7) is 6.16. The highest BCUT2D eigenvalue weighted by Crippen LogP contribution is 2.22. The summed E-state index contributed by atoms with van der Waals surface area (Å²) in [6, 6.07) is 15.4. The molecule has 4 heteroatoms. The fourth-order valence-corrected chi connectivity index (χ4v) is 2.39. The number of ether oxygens (including phenoxy) is 1. The molecule has 0 aromatic heterocycles. The summed E-state index contributed by atoms with van der Waals surface area (Å²) in [4.78, 5) is 12.0. The van der Waals surface area contributed by atoms with Gasteiger partial charge in [-0.25, -0.2) is 0 Å². The lowest BCUT2D eigenvalue weighted by atomic mass is 10.0. The summed E-state index contributed by atoms with van der Waals surface area (Å²) < 4.78 is 5.79. The van der Waals surface area contributed by atoms with E-state index in [1.165, 1.54) is 0 Å². The Morgan fingerprint density at radius 2 is 1.79 bits per heavy atom. The largest absolute Gasteiger partial charge is 0.489 e. The van der Waals surface area contributed by atoms with Crippen LogP contribution in [0.4, 0.5) is 0 Å². The van der Waals surface area contributed by atoms with E-state index in [4.69, 9.17) is 4.74 Å². The van der Waals surface area contributed by atoms with E-state index in [1.807, 2.05) is 69.3 Å². The van der Waals surface area contributed by atoms with Crippen molar-refractivity contribution in [2.24, 2.45) is 0 Å². The van der Waals surface area contributed by atoms with Crippen LogP contribution >= 0.6 is 0 Å². The highest BCUT2D eigenvalue weighted by atomic mass is 16.5. The van der Waals surface area contributed by atoms with Crippen LogP contribution in [0.15, 0.2) is 48.5 Å². The van der Waals surface area contributed by atoms with Crippen molar-refractivity contribution in [2.75, 3.05) is 0 Å². The van der Waals surface area contributed by atoms with Crippen LogP contribution in [-0.4, -0.2) is 16.6 Å². The standard InChI is InChI=1S/C20H25NO3/c1-20(2,3)21-19(23)12-16-9-10-18(17(11-16)13-22)24-14-15-7-5-4-6-8-15/h4-11,22H,12-14H2,1-3H3,(H,21,23). The number of aliphatic hydroxyl groups is 1. The normalized spacial score (nSPS) is 11.2. The molecule has 0 saturated heterocycles. The minimum Gasteiger partial charge on any atom is -0.489 e. The molecule has 2 rings (SSSR count). The van der Waals surface area contributed by atoms with Crippen molar-refractivity contribution in [1.82, 2.24) is 5.32 Å². The van der Waals surface area contributed by atoms with E-state index in [-0.39, 0.29) is 24.5 Å². The zero-order valence-corrected chi connectivity index (χ0v) is 14.5. The summed E-state index contributed by atoms with van der Waals surface area (Å²) >= 11 is 0. The fraction of sp³-hybridized carbons (Fsp3) is 0.350. The van der Waals surface area contributed by atoms with E-state index in [2.05, 4.69) is 5.32 Å². The summed E-state index contributed by atoms with van der Waals surface area (Å²) in [6.07, 6.45) is 0.281. The third kappa shape index (κ3) is 5.70. The molecule has 0 fully saturated rings. The average Bonchev–Trinajstić information content (AvgIpc) is 2.52. The van der Waals surface area contributed by atoms with Gasteiger partial charge < -0.3 is 15.2 Å². The molecule has 0 aliphatic carbocycles. The Morgan fingerprint density at radius 3 is 2.42 bits per heavy atom. The van der Waals surface area contributed by atoms with E-state index in [1.54, 1.807) is 0 Å². The summed E-state index contributed by atoms with van der Waals surface area (Å²) in [5.74, 6) is 0.602. The van der Waals surface area contributed by atoms with Crippen molar-refractivity contribution in [3.8, 4) is 5.75 Å². The second-order valence-electron chi connectivity index (χ2n) is 6.85. The molecule has 0 saturated carbocycles. The van der Waals surface area contributed by atoms with Gasteiger partial charge in [0.2, 0.25) is 5.91 Å². The number of carbonyl (C=O) groups excluding carboxylic acids is 1. The molecule has 24 heavy (non-hydrogen) atoms. The van der Waals surface area contributed by atoms with Crippen molar-refractivity contribution >= 4 is 5.91 Å². The number of benzene rings is 2. The van der Waals surface area contributed by atoms with Crippen molar-refractivity contribution < 1.29 is 14.6 Å². The average molecular weight is 327 g/mol. The Hall–Kier alpha value is -2.33. The molecule has 2 N–H and O–H groups in total. The van der Waals surface area contributed by atoms with Crippen LogP contribution in [0.25, 0.3) is 0 Å². The van der Waals surface area contributed by atoms with Crippen LogP contribution in [-0.2, 0) is 24.4 Å². The predicted octanol–water partition coefficient (Wildman–Crippen LogP) is 3.22. The number of aliphatic hydroxyl groups excluding tert-OH is 1. The van der Waals surface area contributed by atoms with Gasteiger partial charge in [0.25, 0.3) is 0 Å². The second kappa shape index (κ2) is 7.97. The Bertz CT molecular complexity index is 675. The monoisotopic (exact) mass is 327 g/mol. The van der Waals surface area contributed by atoms with Gasteiger partial charge in [-0.15, -0.1) is 0 Å². The lowest BCUT2D eigenvalue weighted by molar-refractivity contribution is -0.121. The van der Waals surface area contributed by atoms with Gasteiger partial charge in [-0.05, 0) is 44.0 Å². The molecule has 0 unspecified atom stereocenters. The third-order valence-electron chi connectivity index (χ3n) is 3.41. The van der Waals surface area contributed by atoms with Gasteiger partial charge in [0, 0.05) is 11.1 Å². The molecule has 0 spiro atoms. The number of hydrogen-bond acceptors (Lipinski definition) is 3. The maximum Gasteiger partial charge on any atom is 0.224 e. The summed E-state index contributed by atoms with van der Waals surface area (Å²) in [7, 11) is 0. The van der Waals surface area contributed by atoms with Crippen LogP contribution in [0.5, 0.6) is 5.75 Å². The fourth-order valence-electron chi connectivity index (χ4n) is 2.39. The molecule has 2 aromatic carbocycles. The van der Waals surface area contributed by atoms with Gasteiger partial charge in [-0.1, -0.05) is 36.4 Å². The van der Waals surface area contributed by atoms with Gasteiger partial charge >= 0.3 is 0 Å². The van der Waals surface area contributed by atoms with Crippen LogP contribution in [0, 0.1) is 0 Å². The Morgan fingerprint density at radius 1 is 1.08 bits per heavy atom. The van der Waals surface area contributed by atoms with Crippen LogP contribution in [0.2, 0.25) is 0 Å². The van der Waals surface area contributed by atoms with Crippen LogP contribution in [0.3, 0.4) is 0 Å². The summed E-state index contributed by atoms with van der Waals surface area (Å²) in [5, 5.41) is 12.5. The van der Waals surface area contributed by atoms with Crippen LogP contribution in [0.1, 0.15) is 37.5 Å². The van der Waals surface area contributed by atoms with Crippen molar-refractivity contribution in [3.63, 3.8) is 0 Å². The minimum atomic E-state index is -0.254. The van der Waals surface area contributed by atoms with Gasteiger partial charge in [-0.3, -0.25) is 4.79 Å². The minimum absolute atomic E-state index is 0.0376. The maximum absolute atomic E-state index is 12.0. The molecule has 0 atom stereocenters. The molecule has 1 amide bonds. The van der Waals surface area contributed by atoms with E-state index >= 15 is 0 Å². The molecule has 0 heterocycles. The van der Waals surface area contributed by atoms with Crippen molar-refractivity contribution in [1.29, 1.82) is 0 Å². The maximum atomic E-state index is 12.0. The number of rotatable bonds is 6. The number of nitrogens with one attached hydrogen (secondary N) is 1. The Labute approximate surface area is 143 Å². The van der Waals surface area contributed by atoms with E-state index in [9.17, 15) is 9.90 Å². The molecule has 0 aliphatic rings. The molecule has 128 valence electrons. The lowest BCUT2D eigenvalue weighted by Gasteiger charge is -2.20. The topological polar surface area (TPSA) is 58.6 Å². The van der Waals surface area contributed by atoms with Crippen molar-refractivity contribution in [2.45, 2.75) is 45.9 Å². The lowest BCUT2D eigenvalue weighted by Crippen LogP contribution is -2.41. The van der Waals surface area contributed by atoms with Gasteiger partial charge in [0.15, 0.2) is 0 Å². The Kier molecular flexibility index (Phi) is 5.99. The van der Waals surface area contributed by atoms with Gasteiger partial charge in [0.05, 0.1) is 13.0 Å². The number of hydrogen-bond donors (Lipinski definition) is 2. The molecule has 4 nitrogen and oxygen atoms in total. The van der Waals surface area contributed by atoms with E-state index in [0.29, 0.717) is 17.9 Å². The first kappa shape index (κ1) is 18.0. The number of amides is 1. The van der Waals surface area contributed by atoms with Crippen LogP contribution < -0.4 is 10.1 Å². The highest BCUT2D eigenvalue weighted by molar-refractivity contribution is 5.79. The molecule has 0 aliphatic heterocycles. The zero-order valence-electron chi connectivity index (χ0n) is 14.5. The zero-order chi connectivity index (χ0) is 17.6. The quantitative estimate of drug-likeness (QED) is 0.856. The third-order valence-corrected chi connectivity index (χ3v) is 3.41. The van der Waals surface area contributed by atoms with E-state index < -0.39 is 0 Å². The second-order valence-corrected chi connectivity index (χ2v) is 6.85. The number of carbonyl (C=O) groups is 1. The Balaban J connectivity index is 2.03. The molecular weight excluding hydrogens is 302 g/mol. The SMILES string of the molecule is CC(C)(C)NC(=O)Cc1ccc(OCc2ccccc2)c(CO)c1. The summed E-state index contributed by atoms with van der Waals surface area (Å²) in [5.41, 5.74) is 2.35. The smallest absolute Gasteiger partial charge is 0.224 e. The van der Waals surface area contributed by atoms with E-state index in [0.717, 1.165) is 11.1 Å². The van der Waals surface area contributed by atoms with Gasteiger partial charge in [0.1, 0.15) is 12.4 Å². The molecule has 0 bridgehead atoms. The van der Waals surface area contributed by atoms with Crippen molar-refractivity contribution in [3.05, 3.63) is 65.2 Å². The first-order chi connectivity index (χ1) is 11.4. The highest BCUT2D eigenvalue weighted by Gasteiger charge is 2.14. The molecule has 2 aromatic rings. The molecular formula is C20H25NO3.